The third-order valence-corrected chi connectivity index (χ3v) is 5.70. The molecule has 6 heteroatoms. The highest BCUT2D eigenvalue weighted by Crippen LogP contribution is 2.24. The maximum absolute atomic E-state index is 12.5. The van der Waals surface area contributed by atoms with Crippen molar-refractivity contribution in [1.29, 1.82) is 0 Å². The standard InChI is InChI=1S/C25H30N2O4/c1-17(2)9-25(29)26-21-8-7-18(10-21)15-31-24-16-30-22(11-23(24)28)14-27-12-19-5-3-4-6-20(19)13-27/h3-8,11,16-18,21H,9-10,12-15H2,1-2H3,(H,26,29)/t18-,21+/m0/s1. The molecule has 1 aliphatic heterocycles. The van der Waals surface area contributed by atoms with Crippen molar-refractivity contribution in [3.05, 3.63) is 75.9 Å². The van der Waals surface area contributed by atoms with Gasteiger partial charge in [-0.05, 0) is 23.5 Å². The van der Waals surface area contributed by atoms with Crippen LogP contribution >= 0.6 is 0 Å². The quantitative estimate of drug-likeness (QED) is 0.658. The number of carbonyl (C=O) groups excluding carboxylic acids is 1. The zero-order chi connectivity index (χ0) is 21.8. The van der Waals surface area contributed by atoms with Gasteiger partial charge in [-0.15, -0.1) is 0 Å². The van der Waals surface area contributed by atoms with Gasteiger partial charge in [-0.3, -0.25) is 14.5 Å². The SMILES string of the molecule is CC(C)CC(=O)N[C@@H]1C=C[C@H](COc2coc(CN3Cc4ccccc4C3)cc2=O)C1. The number of nitrogens with one attached hydrogen (secondary N) is 1. The third kappa shape index (κ3) is 5.64. The molecule has 0 radical (unpaired) electrons. The number of carbonyl (C=O) groups is 1. The molecule has 1 aliphatic carbocycles. The first-order chi connectivity index (χ1) is 15.0. The largest absolute Gasteiger partial charge is 0.486 e. The van der Waals surface area contributed by atoms with Crippen molar-refractivity contribution in [2.45, 2.75) is 52.4 Å². The van der Waals surface area contributed by atoms with E-state index in [2.05, 4.69) is 34.5 Å². The van der Waals surface area contributed by atoms with E-state index in [4.69, 9.17) is 9.15 Å². The molecule has 0 unspecified atom stereocenters. The summed E-state index contributed by atoms with van der Waals surface area (Å²) in [6, 6.07) is 9.94. The summed E-state index contributed by atoms with van der Waals surface area (Å²) in [6.07, 6.45) is 6.78. The van der Waals surface area contributed by atoms with Crippen LogP contribution in [0.1, 0.15) is 43.6 Å². The van der Waals surface area contributed by atoms with E-state index >= 15 is 0 Å². The Morgan fingerprint density at radius 2 is 1.97 bits per heavy atom. The molecule has 0 fully saturated rings. The Bertz CT molecular complexity index is 986. The highest BCUT2D eigenvalue weighted by atomic mass is 16.5. The Labute approximate surface area is 182 Å². The summed E-state index contributed by atoms with van der Waals surface area (Å²) in [4.78, 5) is 26.6. The number of hydrogen-bond acceptors (Lipinski definition) is 5. The maximum Gasteiger partial charge on any atom is 0.227 e. The number of amides is 1. The van der Waals surface area contributed by atoms with Crippen molar-refractivity contribution in [2.75, 3.05) is 6.61 Å². The van der Waals surface area contributed by atoms with Crippen LogP contribution in [0, 0.1) is 11.8 Å². The van der Waals surface area contributed by atoms with Gasteiger partial charge < -0.3 is 14.5 Å². The first-order valence-electron chi connectivity index (χ1n) is 11.0. The van der Waals surface area contributed by atoms with E-state index < -0.39 is 0 Å². The predicted molar refractivity (Wildman–Crippen MR) is 118 cm³/mol. The van der Waals surface area contributed by atoms with E-state index in [0.29, 0.717) is 31.3 Å². The molecule has 164 valence electrons. The summed E-state index contributed by atoms with van der Waals surface area (Å²) in [5, 5.41) is 3.03. The van der Waals surface area contributed by atoms with Crippen molar-refractivity contribution < 1.29 is 13.9 Å². The molecule has 0 saturated carbocycles. The van der Waals surface area contributed by atoms with Gasteiger partial charge in [-0.25, -0.2) is 0 Å². The number of ether oxygens (including phenoxy) is 1. The summed E-state index contributed by atoms with van der Waals surface area (Å²) in [6.45, 7) is 6.76. The maximum atomic E-state index is 12.5. The first kappa shape index (κ1) is 21.4. The Hall–Kier alpha value is -2.86. The Kier molecular flexibility index (Phi) is 6.56. The van der Waals surface area contributed by atoms with Crippen LogP contribution in [0.5, 0.6) is 5.75 Å². The molecule has 1 amide bonds. The zero-order valence-corrected chi connectivity index (χ0v) is 18.2. The molecule has 0 spiro atoms. The van der Waals surface area contributed by atoms with Gasteiger partial charge in [-0.1, -0.05) is 50.3 Å². The second-order valence-electron chi connectivity index (χ2n) is 8.95. The number of nitrogens with zero attached hydrogens (tertiary/aromatic N) is 1. The molecule has 2 atom stereocenters. The Morgan fingerprint density at radius 3 is 2.65 bits per heavy atom. The molecular weight excluding hydrogens is 392 g/mol. The number of rotatable bonds is 8. The molecule has 2 heterocycles. The average Bonchev–Trinajstić information content (AvgIpc) is 3.32. The summed E-state index contributed by atoms with van der Waals surface area (Å²) >= 11 is 0. The molecule has 2 aliphatic rings. The summed E-state index contributed by atoms with van der Waals surface area (Å²) in [7, 11) is 0. The molecule has 0 saturated heterocycles. The number of benzene rings is 1. The van der Waals surface area contributed by atoms with Crippen LogP contribution in [0.3, 0.4) is 0 Å². The topological polar surface area (TPSA) is 71.8 Å². The van der Waals surface area contributed by atoms with Crippen molar-refractivity contribution >= 4 is 5.91 Å². The monoisotopic (exact) mass is 422 g/mol. The second kappa shape index (κ2) is 9.52. The van der Waals surface area contributed by atoms with Gasteiger partial charge in [0.1, 0.15) is 12.0 Å². The molecular formula is C25H30N2O4. The van der Waals surface area contributed by atoms with E-state index in [9.17, 15) is 9.59 Å². The fourth-order valence-corrected chi connectivity index (χ4v) is 4.20. The minimum absolute atomic E-state index is 0.0308. The van der Waals surface area contributed by atoms with Gasteiger partial charge in [0.25, 0.3) is 0 Å². The van der Waals surface area contributed by atoms with Crippen LogP contribution in [0.2, 0.25) is 0 Å². The van der Waals surface area contributed by atoms with E-state index in [1.807, 2.05) is 26.0 Å². The van der Waals surface area contributed by atoms with Gasteiger partial charge in [0, 0.05) is 37.5 Å². The lowest BCUT2D eigenvalue weighted by Crippen LogP contribution is -2.33. The summed E-state index contributed by atoms with van der Waals surface area (Å²) in [5.74, 6) is 1.44. The lowest BCUT2D eigenvalue weighted by atomic mass is 10.1. The average molecular weight is 423 g/mol. The smallest absolute Gasteiger partial charge is 0.227 e. The van der Waals surface area contributed by atoms with Crippen molar-refractivity contribution in [3.63, 3.8) is 0 Å². The van der Waals surface area contributed by atoms with Crippen molar-refractivity contribution in [1.82, 2.24) is 10.2 Å². The molecule has 2 aromatic rings. The minimum Gasteiger partial charge on any atom is -0.486 e. The van der Waals surface area contributed by atoms with E-state index in [1.54, 1.807) is 0 Å². The van der Waals surface area contributed by atoms with Crippen LogP contribution in [-0.4, -0.2) is 23.5 Å². The lowest BCUT2D eigenvalue weighted by molar-refractivity contribution is -0.122. The second-order valence-corrected chi connectivity index (χ2v) is 8.95. The number of fused-ring (bicyclic) bond motifs is 1. The normalized spacial score (nSPS) is 20.2. The molecule has 6 nitrogen and oxygen atoms in total. The molecule has 1 N–H and O–H groups in total. The highest BCUT2D eigenvalue weighted by Gasteiger charge is 2.22. The van der Waals surface area contributed by atoms with Gasteiger partial charge in [0.2, 0.25) is 17.1 Å². The van der Waals surface area contributed by atoms with Crippen LogP contribution in [0.4, 0.5) is 0 Å². The minimum atomic E-state index is -0.165. The Morgan fingerprint density at radius 1 is 1.23 bits per heavy atom. The molecule has 4 rings (SSSR count). The Balaban J connectivity index is 1.25. The molecule has 1 aromatic heterocycles. The third-order valence-electron chi connectivity index (χ3n) is 5.70. The molecule has 31 heavy (non-hydrogen) atoms. The highest BCUT2D eigenvalue weighted by molar-refractivity contribution is 5.76. The fraction of sp³-hybridized carbons (Fsp3) is 0.440. The molecule has 0 bridgehead atoms. The van der Waals surface area contributed by atoms with Crippen LogP contribution in [0.15, 0.2) is 58.0 Å². The van der Waals surface area contributed by atoms with E-state index in [0.717, 1.165) is 19.5 Å². The van der Waals surface area contributed by atoms with E-state index in [-0.39, 0.29) is 29.0 Å². The summed E-state index contributed by atoms with van der Waals surface area (Å²) in [5.41, 5.74) is 2.49. The lowest BCUT2D eigenvalue weighted by Gasteiger charge is -2.16. The van der Waals surface area contributed by atoms with Crippen LogP contribution in [-0.2, 0) is 24.4 Å². The van der Waals surface area contributed by atoms with Gasteiger partial charge in [0.05, 0.1) is 13.2 Å². The molecule has 1 aromatic carbocycles. The van der Waals surface area contributed by atoms with Crippen molar-refractivity contribution in [3.8, 4) is 5.75 Å². The number of hydrogen-bond donors (Lipinski definition) is 1. The predicted octanol–water partition coefficient (Wildman–Crippen LogP) is 3.64. The van der Waals surface area contributed by atoms with Gasteiger partial charge >= 0.3 is 0 Å². The van der Waals surface area contributed by atoms with Crippen LogP contribution < -0.4 is 15.5 Å². The van der Waals surface area contributed by atoms with Gasteiger partial charge in [0.15, 0.2) is 0 Å². The fourth-order valence-electron chi connectivity index (χ4n) is 4.20. The zero-order valence-electron chi connectivity index (χ0n) is 18.2. The summed E-state index contributed by atoms with van der Waals surface area (Å²) < 4.78 is 11.4. The van der Waals surface area contributed by atoms with Gasteiger partial charge in [-0.2, -0.15) is 0 Å². The van der Waals surface area contributed by atoms with Crippen molar-refractivity contribution in [2.24, 2.45) is 11.8 Å². The first-order valence-corrected chi connectivity index (χ1v) is 11.0. The van der Waals surface area contributed by atoms with Crippen LogP contribution in [0.25, 0.3) is 0 Å². The van der Waals surface area contributed by atoms with E-state index in [1.165, 1.54) is 23.5 Å².